The lowest BCUT2D eigenvalue weighted by Gasteiger charge is -2.18. The third kappa shape index (κ3) is 2.34. The van der Waals surface area contributed by atoms with Gasteiger partial charge in [0.2, 0.25) is 17.3 Å². The maximum atomic E-state index is 11.6. The molecule has 6 heteroatoms. The molecule has 0 atom stereocenters. The van der Waals surface area contributed by atoms with Crippen LogP contribution in [-0.4, -0.2) is 31.1 Å². The van der Waals surface area contributed by atoms with Crippen molar-refractivity contribution in [3.63, 3.8) is 0 Å². The van der Waals surface area contributed by atoms with E-state index < -0.39 is 11.9 Å². The van der Waals surface area contributed by atoms with Crippen molar-refractivity contribution in [1.82, 2.24) is 4.98 Å². The van der Waals surface area contributed by atoms with Crippen LogP contribution in [0.5, 0.6) is 0 Å². The summed E-state index contributed by atoms with van der Waals surface area (Å²) in [5.41, 5.74) is -0.341. The molecule has 0 unspecified atom stereocenters. The van der Waals surface area contributed by atoms with E-state index in [0.29, 0.717) is 5.89 Å². The van der Waals surface area contributed by atoms with Crippen molar-refractivity contribution in [1.29, 1.82) is 0 Å². The summed E-state index contributed by atoms with van der Waals surface area (Å²) < 4.78 is 14.7. The van der Waals surface area contributed by atoms with Crippen LogP contribution in [0, 0.1) is 0 Å². The van der Waals surface area contributed by atoms with Crippen molar-refractivity contribution in [2.75, 3.05) is 14.2 Å². The Balaban J connectivity index is 2.45. The van der Waals surface area contributed by atoms with Crippen molar-refractivity contribution in [2.45, 2.75) is 38.0 Å². The molecule has 1 aliphatic carbocycles. The van der Waals surface area contributed by atoms with Crippen LogP contribution in [0.25, 0.3) is 0 Å². The van der Waals surface area contributed by atoms with E-state index in [4.69, 9.17) is 4.42 Å². The van der Waals surface area contributed by atoms with Crippen LogP contribution in [-0.2, 0) is 14.9 Å². The summed E-state index contributed by atoms with van der Waals surface area (Å²) in [5.74, 6) is -1.19. The van der Waals surface area contributed by atoms with Gasteiger partial charge in [-0.1, -0.05) is 19.8 Å². The number of methoxy groups -OCH3 is 2. The van der Waals surface area contributed by atoms with Crippen LogP contribution in [0.3, 0.4) is 0 Å². The van der Waals surface area contributed by atoms with E-state index in [-0.39, 0.29) is 16.9 Å². The SMILES string of the molecule is COC(=O)c1nc(C2(C)CCCC2)oc1C(=O)OC. The number of ether oxygens (including phenoxy) is 2. The number of rotatable bonds is 3. The number of oxazole rings is 1. The molecule has 0 saturated heterocycles. The molecule has 0 bridgehead atoms. The van der Waals surface area contributed by atoms with Crippen LogP contribution in [0.2, 0.25) is 0 Å². The topological polar surface area (TPSA) is 78.6 Å². The standard InChI is InChI=1S/C13H17NO5/c1-13(6-4-5-7-13)12-14-8(10(15)17-2)9(19-12)11(16)18-3/h4-7H2,1-3H3. The minimum absolute atomic E-state index is 0.113. The van der Waals surface area contributed by atoms with Crippen LogP contribution in [0.4, 0.5) is 0 Å². The van der Waals surface area contributed by atoms with E-state index in [9.17, 15) is 9.59 Å². The molecular formula is C13H17NO5. The minimum Gasteiger partial charge on any atom is -0.464 e. The van der Waals surface area contributed by atoms with Gasteiger partial charge >= 0.3 is 11.9 Å². The fraction of sp³-hybridized carbons (Fsp3) is 0.615. The molecule has 1 heterocycles. The average Bonchev–Trinajstić information content (AvgIpc) is 3.04. The highest BCUT2D eigenvalue weighted by atomic mass is 16.5. The first-order valence-electron chi connectivity index (χ1n) is 6.20. The lowest BCUT2D eigenvalue weighted by molar-refractivity contribution is 0.0524. The zero-order valence-corrected chi connectivity index (χ0v) is 11.3. The van der Waals surface area contributed by atoms with Crippen molar-refractivity contribution in [3.05, 3.63) is 17.3 Å². The summed E-state index contributed by atoms with van der Waals surface area (Å²) in [6.07, 6.45) is 4.02. The monoisotopic (exact) mass is 267 g/mol. The van der Waals surface area contributed by atoms with Crippen molar-refractivity contribution in [2.24, 2.45) is 0 Å². The Morgan fingerprint density at radius 2 is 1.74 bits per heavy atom. The second kappa shape index (κ2) is 5.03. The molecule has 0 aliphatic heterocycles. The molecule has 0 radical (unpaired) electrons. The van der Waals surface area contributed by atoms with Crippen LogP contribution >= 0.6 is 0 Å². The van der Waals surface area contributed by atoms with Crippen molar-refractivity contribution in [3.8, 4) is 0 Å². The quantitative estimate of drug-likeness (QED) is 0.780. The van der Waals surface area contributed by atoms with Gasteiger partial charge in [-0.15, -0.1) is 0 Å². The summed E-state index contributed by atoms with van der Waals surface area (Å²) in [4.78, 5) is 27.4. The van der Waals surface area contributed by atoms with Gasteiger partial charge in [0.1, 0.15) is 0 Å². The van der Waals surface area contributed by atoms with Crippen LogP contribution in [0.15, 0.2) is 4.42 Å². The number of aromatic nitrogens is 1. The highest BCUT2D eigenvalue weighted by molar-refractivity contribution is 5.99. The Hall–Kier alpha value is -1.85. The maximum absolute atomic E-state index is 11.6. The number of carbonyl (C=O) groups excluding carboxylic acids is 2. The predicted molar refractivity (Wildman–Crippen MR) is 65.0 cm³/mol. The zero-order valence-electron chi connectivity index (χ0n) is 11.3. The fourth-order valence-corrected chi connectivity index (χ4v) is 2.41. The third-order valence-electron chi connectivity index (χ3n) is 3.60. The molecule has 19 heavy (non-hydrogen) atoms. The number of carbonyl (C=O) groups is 2. The first-order valence-corrected chi connectivity index (χ1v) is 6.20. The molecule has 0 spiro atoms. The van der Waals surface area contributed by atoms with Gasteiger partial charge in [-0.3, -0.25) is 0 Å². The predicted octanol–water partition coefficient (Wildman–Crippen LogP) is 2.08. The van der Waals surface area contributed by atoms with Gasteiger partial charge in [-0.25, -0.2) is 14.6 Å². The van der Waals surface area contributed by atoms with Crippen molar-refractivity contribution < 1.29 is 23.5 Å². The summed E-state index contributed by atoms with van der Waals surface area (Å²) >= 11 is 0. The largest absolute Gasteiger partial charge is 0.464 e. The minimum atomic E-state index is -0.722. The summed E-state index contributed by atoms with van der Waals surface area (Å²) in [7, 11) is 2.46. The summed E-state index contributed by atoms with van der Waals surface area (Å²) in [5, 5.41) is 0. The molecule has 1 saturated carbocycles. The first-order chi connectivity index (χ1) is 9.01. The van der Waals surface area contributed by atoms with E-state index in [0.717, 1.165) is 25.7 Å². The van der Waals surface area contributed by atoms with E-state index in [1.54, 1.807) is 0 Å². The van der Waals surface area contributed by atoms with Gasteiger partial charge in [0.25, 0.3) is 0 Å². The Labute approximate surface area is 111 Å². The molecule has 1 aliphatic rings. The lowest BCUT2D eigenvalue weighted by Crippen LogP contribution is -2.17. The molecule has 0 N–H and O–H groups in total. The molecule has 1 fully saturated rings. The van der Waals surface area contributed by atoms with E-state index in [2.05, 4.69) is 14.5 Å². The van der Waals surface area contributed by atoms with Gasteiger partial charge in [-0.2, -0.15) is 0 Å². The van der Waals surface area contributed by atoms with Gasteiger partial charge < -0.3 is 13.9 Å². The number of nitrogens with zero attached hydrogens (tertiary/aromatic N) is 1. The number of esters is 2. The highest BCUT2D eigenvalue weighted by Crippen LogP contribution is 2.40. The zero-order chi connectivity index (χ0) is 14.0. The number of hydrogen-bond donors (Lipinski definition) is 0. The van der Waals surface area contributed by atoms with Crippen LogP contribution in [0.1, 0.15) is 59.5 Å². The fourth-order valence-electron chi connectivity index (χ4n) is 2.41. The van der Waals surface area contributed by atoms with Crippen LogP contribution < -0.4 is 0 Å². The molecule has 0 aromatic carbocycles. The lowest BCUT2D eigenvalue weighted by atomic mass is 9.89. The Bertz CT molecular complexity index is 466. The summed E-state index contributed by atoms with van der Waals surface area (Å²) in [6.45, 7) is 2.02. The third-order valence-corrected chi connectivity index (χ3v) is 3.60. The smallest absolute Gasteiger partial charge is 0.376 e. The first kappa shape index (κ1) is 13.6. The molecule has 0 amide bonds. The second-order valence-electron chi connectivity index (χ2n) is 4.95. The molecule has 6 nitrogen and oxygen atoms in total. The molecule has 104 valence electrons. The van der Waals surface area contributed by atoms with Gasteiger partial charge in [0.15, 0.2) is 0 Å². The normalized spacial score (nSPS) is 17.2. The van der Waals surface area contributed by atoms with E-state index >= 15 is 0 Å². The van der Waals surface area contributed by atoms with Crippen molar-refractivity contribution >= 4 is 11.9 Å². The Morgan fingerprint density at radius 3 is 2.26 bits per heavy atom. The Morgan fingerprint density at radius 1 is 1.16 bits per heavy atom. The second-order valence-corrected chi connectivity index (χ2v) is 4.95. The number of hydrogen-bond acceptors (Lipinski definition) is 6. The molecule has 1 aromatic rings. The van der Waals surface area contributed by atoms with Gasteiger partial charge in [0.05, 0.1) is 14.2 Å². The maximum Gasteiger partial charge on any atom is 0.376 e. The van der Waals surface area contributed by atoms with Gasteiger partial charge in [0, 0.05) is 5.41 Å². The molecule has 1 aromatic heterocycles. The van der Waals surface area contributed by atoms with E-state index in [1.165, 1.54) is 14.2 Å². The molecule has 2 rings (SSSR count). The van der Waals surface area contributed by atoms with E-state index in [1.807, 2.05) is 6.92 Å². The molecular weight excluding hydrogens is 250 g/mol. The highest BCUT2D eigenvalue weighted by Gasteiger charge is 2.38. The summed E-state index contributed by atoms with van der Waals surface area (Å²) in [6, 6.07) is 0. The van der Waals surface area contributed by atoms with Gasteiger partial charge in [-0.05, 0) is 12.8 Å². The average molecular weight is 267 g/mol. The Kier molecular flexibility index (Phi) is 3.59.